The molecule has 1 fully saturated rings. The van der Waals surface area contributed by atoms with Gasteiger partial charge in [0.2, 0.25) is 0 Å². The lowest BCUT2D eigenvalue weighted by molar-refractivity contribution is 0.553. The molecule has 1 aliphatic rings. The maximum absolute atomic E-state index is 5.72. The molecule has 72 valence electrons. The minimum Gasteiger partial charge on any atom is -0.338 e. The van der Waals surface area contributed by atoms with Crippen LogP contribution >= 0.6 is 0 Å². The molecule has 1 aromatic heterocycles. The number of nitrogens with two attached hydrogens (primary N) is 1. The molecule has 13 heavy (non-hydrogen) atoms. The zero-order valence-corrected chi connectivity index (χ0v) is 8.49. The van der Waals surface area contributed by atoms with Gasteiger partial charge in [-0.15, -0.1) is 0 Å². The predicted molar refractivity (Wildman–Crippen MR) is 52.3 cm³/mol. The second-order valence-electron chi connectivity index (χ2n) is 4.54. The Morgan fingerprint density at radius 1 is 1.62 bits per heavy atom. The lowest BCUT2D eigenvalue weighted by Gasteiger charge is -2.02. The number of rotatable bonds is 2. The van der Waals surface area contributed by atoms with Crippen LogP contribution in [0.3, 0.4) is 0 Å². The van der Waals surface area contributed by atoms with Gasteiger partial charge in [-0.3, -0.25) is 0 Å². The van der Waals surface area contributed by atoms with Crippen LogP contribution in [0.15, 0.2) is 12.4 Å². The van der Waals surface area contributed by atoms with Gasteiger partial charge in [-0.2, -0.15) is 0 Å². The largest absolute Gasteiger partial charge is 0.338 e. The lowest BCUT2D eigenvalue weighted by atomic mass is 10.1. The topological polar surface area (TPSA) is 43.8 Å². The number of nitrogens with zero attached hydrogens (tertiary/aromatic N) is 2. The van der Waals surface area contributed by atoms with E-state index in [-0.39, 0.29) is 0 Å². The van der Waals surface area contributed by atoms with E-state index in [9.17, 15) is 0 Å². The smallest absolute Gasteiger partial charge is 0.112 e. The predicted octanol–water partition coefficient (Wildman–Crippen LogP) is 1.12. The molecule has 0 aromatic carbocycles. The van der Waals surface area contributed by atoms with Crippen molar-refractivity contribution < 1.29 is 0 Å². The van der Waals surface area contributed by atoms with Gasteiger partial charge in [-0.1, -0.05) is 13.8 Å². The Kier molecular flexibility index (Phi) is 1.74. The zero-order chi connectivity index (χ0) is 9.64. The summed E-state index contributed by atoms with van der Waals surface area (Å²) in [6.45, 7) is 5.30. The molecule has 2 rings (SSSR count). The highest BCUT2D eigenvalue weighted by Crippen LogP contribution is 2.63. The van der Waals surface area contributed by atoms with E-state index in [0.717, 1.165) is 6.54 Å². The third-order valence-corrected chi connectivity index (χ3v) is 3.44. The fourth-order valence-corrected chi connectivity index (χ4v) is 2.37. The summed E-state index contributed by atoms with van der Waals surface area (Å²) in [5.41, 5.74) is 6.06. The second-order valence-corrected chi connectivity index (χ2v) is 4.54. The third-order valence-electron chi connectivity index (χ3n) is 3.44. The van der Waals surface area contributed by atoms with E-state index in [1.165, 1.54) is 5.82 Å². The quantitative estimate of drug-likeness (QED) is 0.739. The Morgan fingerprint density at radius 3 is 2.69 bits per heavy atom. The molecular formula is C10H17N3. The highest BCUT2D eigenvalue weighted by Gasteiger charge is 2.59. The first-order valence-electron chi connectivity index (χ1n) is 4.76. The first-order valence-corrected chi connectivity index (χ1v) is 4.76. The number of imidazole rings is 1. The molecule has 2 N–H and O–H groups in total. The van der Waals surface area contributed by atoms with Gasteiger partial charge in [-0.25, -0.2) is 4.98 Å². The van der Waals surface area contributed by atoms with Crippen molar-refractivity contribution >= 4 is 0 Å². The van der Waals surface area contributed by atoms with E-state index in [4.69, 9.17) is 5.73 Å². The van der Waals surface area contributed by atoms with Crippen LogP contribution in [0.1, 0.15) is 25.6 Å². The molecule has 0 unspecified atom stereocenters. The van der Waals surface area contributed by atoms with Crippen molar-refractivity contribution in [1.82, 2.24) is 9.55 Å². The minimum absolute atomic E-state index is 0.341. The Labute approximate surface area is 79.0 Å². The monoisotopic (exact) mass is 179 g/mol. The summed E-state index contributed by atoms with van der Waals surface area (Å²) in [5.74, 6) is 2.34. The van der Waals surface area contributed by atoms with Crippen molar-refractivity contribution in [2.24, 2.45) is 24.1 Å². The van der Waals surface area contributed by atoms with Crippen LogP contribution in [0.5, 0.6) is 0 Å². The minimum atomic E-state index is 0.341. The molecule has 0 saturated heterocycles. The van der Waals surface area contributed by atoms with E-state index in [1.807, 2.05) is 19.4 Å². The third kappa shape index (κ3) is 1.10. The molecule has 3 heteroatoms. The van der Waals surface area contributed by atoms with Crippen molar-refractivity contribution in [3.8, 4) is 0 Å². The van der Waals surface area contributed by atoms with Crippen LogP contribution in [0.25, 0.3) is 0 Å². The maximum Gasteiger partial charge on any atom is 0.112 e. The lowest BCUT2D eigenvalue weighted by Crippen LogP contribution is -2.05. The molecule has 0 radical (unpaired) electrons. The molecule has 1 saturated carbocycles. The molecule has 3 nitrogen and oxygen atoms in total. The molecule has 0 bridgehead atoms. The van der Waals surface area contributed by atoms with Gasteiger partial charge in [-0.05, 0) is 17.9 Å². The van der Waals surface area contributed by atoms with Gasteiger partial charge in [0.05, 0.1) is 0 Å². The summed E-state index contributed by atoms with van der Waals surface area (Å²) < 4.78 is 2.10. The SMILES string of the molecule is Cn1ccnc1[C@@H]1[C@@H](CN)C1(C)C. The van der Waals surface area contributed by atoms with Crippen molar-refractivity contribution in [3.63, 3.8) is 0 Å². The van der Waals surface area contributed by atoms with Crippen LogP contribution < -0.4 is 5.73 Å². The number of hydrogen-bond donors (Lipinski definition) is 1. The van der Waals surface area contributed by atoms with Crippen LogP contribution in [-0.2, 0) is 7.05 Å². The van der Waals surface area contributed by atoms with Crippen molar-refractivity contribution in [2.75, 3.05) is 6.54 Å². The summed E-state index contributed by atoms with van der Waals surface area (Å²) >= 11 is 0. The molecule has 0 spiro atoms. The Morgan fingerprint density at radius 2 is 2.31 bits per heavy atom. The van der Waals surface area contributed by atoms with E-state index in [2.05, 4.69) is 23.4 Å². The summed E-state index contributed by atoms with van der Waals surface area (Å²) in [7, 11) is 2.05. The molecule has 2 atom stereocenters. The van der Waals surface area contributed by atoms with Gasteiger partial charge in [0, 0.05) is 25.4 Å². The summed E-state index contributed by atoms with van der Waals surface area (Å²) in [4.78, 5) is 4.38. The average molecular weight is 179 g/mol. The fraction of sp³-hybridized carbons (Fsp3) is 0.700. The van der Waals surface area contributed by atoms with Crippen LogP contribution in [0.4, 0.5) is 0 Å². The number of aromatic nitrogens is 2. The van der Waals surface area contributed by atoms with Crippen LogP contribution in [-0.4, -0.2) is 16.1 Å². The molecule has 0 amide bonds. The van der Waals surface area contributed by atoms with Crippen LogP contribution in [0, 0.1) is 11.3 Å². The van der Waals surface area contributed by atoms with Gasteiger partial charge >= 0.3 is 0 Å². The molecular weight excluding hydrogens is 162 g/mol. The normalized spacial score (nSPS) is 30.5. The summed E-state index contributed by atoms with van der Waals surface area (Å²) in [5, 5.41) is 0. The van der Waals surface area contributed by atoms with E-state index in [1.54, 1.807) is 0 Å². The van der Waals surface area contributed by atoms with Crippen LogP contribution in [0.2, 0.25) is 0 Å². The number of aryl methyl sites for hydroxylation is 1. The average Bonchev–Trinajstić information content (AvgIpc) is 2.41. The van der Waals surface area contributed by atoms with E-state index in [0.29, 0.717) is 17.3 Å². The Balaban J connectivity index is 2.26. The van der Waals surface area contributed by atoms with Gasteiger partial charge in [0.25, 0.3) is 0 Å². The van der Waals surface area contributed by atoms with Gasteiger partial charge < -0.3 is 10.3 Å². The standard InChI is InChI=1S/C10H17N3/c1-10(2)7(6-11)8(10)9-12-4-5-13(9)3/h4-5,7-8H,6,11H2,1-3H3/t7-,8+/m1/s1. The summed E-state index contributed by atoms with van der Waals surface area (Å²) in [6, 6.07) is 0. The van der Waals surface area contributed by atoms with Crippen molar-refractivity contribution in [2.45, 2.75) is 19.8 Å². The van der Waals surface area contributed by atoms with Gasteiger partial charge in [0.15, 0.2) is 0 Å². The maximum atomic E-state index is 5.72. The first-order chi connectivity index (χ1) is 6.09. The first kappa shape index (κ1) is 8.75. The summed E-state index contributed by atoms with van der Waals surface area (Å²) in [6.07, 6.45) is 3.86. The molecule has 1 aromatic rings. The highest BCUT2D eigenvalue weighted by molar-refractivity contribution is 5.22. The second kappa shape index (κ2) is 2.58. The fourth-order valence-electron chi connectivity index (χ4n) is 2.37. The Hall–Kier alpha value is -0.830. The highest BCUT2D eigenvalue weighted by atomic mass is 15.1. The van der Waals surface area contributed by atoms with Gasteiger partial charge in [0.1, 0.15) is 5.82 Å². The zero-order valence-electron chi connectivity index (χ0n) is 8.49. The van der Waals surface area contributed by atoms with Crippen molar-refractivity contribution in [1.29, 1.82) is 0 Å². The molecule has 1 aliphatic carbocycles. The number of hydrogen-bond acceptors (Lipinski definition) is 2. The van der Waals surface area contributed by atoms with E-state index >= 15 is 0 Å². The van der Waals surface area contributed by atoms with E-state index < -0.39 is 0 Å². The van der Waals surface area contributed by atoms with Crippen molar-refractivity contribution in [3.05, 3.63) is 18.2 Å². The molecule has 0 aliphatic heterocycles. The molecule has 1 heterocycles. The Bertz CT molecular complexity index is 314.